The van der Waals surface area contributed by atoms with Gasteiger partial charge < -0.3 is 15.3 Å². The van der Waals surface area contributed by atoms with Crippen LogP contribution >= 0.6 is 0 Å². The molecule has 7 nitrogen and oxygen atoms in total. The molecule has 0 saturated carbocycles. The Bertz CT molecular complexity index is 495. The molecule has 0 aromatic carbocycles. The van der Waals surface area contributed by atoms with Gasteiger partial charge in [-0.3, -0.25) is 9.48 Å². The molecular weight excluding hydrogens is 248 g/mol. The van der Waals surface area contributed by atoms with Crippen LogP contribution in [0.4, 0.5) is 5.82 Å². The summed E-state index contributed by atoms with van der Waals surface area (Å²) in [5.41, 5.74) is 0.638. The van der Waals surface area contributed by atoms with Crippen molar-refractivity contribution in [3.63, 3.8) is 0 Å². The van der Waals surface area contributed by atoms with Gasteiger partial charge >= 0.3 is 5.97 Å². The van der Waals surface area contributed by atoms with E-state index in [0.717, 1.165) is 0 Å². The molecule has 1 rings (SSSR count). The van der Waals surface area contributed by atoms with Crippen molar-refractivity contribution < 1.29 is 14.7 Å². The average Bonchev–Trinajstić information content (AvgIpc) is 2.62. The lowest BCUT2D eigenvalue weighted by atomic mass is 10.1. The maximum atomic E-state index is 11.5. The standard InChI is InChI=1S/C12H20N4O3/c1-7(10(17)13-3)6-15(4)11-9(12(18)19)8(2)14-16(11)5/h7H,6H2,1-5H3,(H,13,17)(H,18,19). The number of anilines is 1. The van der Waals surface area contributed by atoms with Crippen molar-refractivity contribution in [2.24, 2.45) is 13.0 Å². The molecule has 19 heavy (non-hydrogen) atoms. The number of amides is 1. The van der Waals surface area contributed by atoms with E-state index in [1.807, 2.05) is 0 Å². The fourth-order valence-electron chi connectivity index (χ4n) is 2.16. The largest absolute Gasteiger partial charge is 0.477 e. The van der Waals surface area contributed by atoms with E-state index in [1.165, 1.54) is 4.68 Å². The van der Waals surface area contributed by atoms with Gasteiger partial charge in [0.05, 0.1) is 11.6 Å². The number of carbonyl (C=O) groups is 2. The summed E-state index contributed by atoms with van der Waals surface area (Å²) < 4.78 is 1.52. The Morgan fingerprint density at radius 1 is 1.53 bits per heavy atom. The van der Waals surface area contributed by atoms with E-state index in [0.29, 0.717) is 18.1 Å². The van der Waals surface area contributed by atoms with E-state index < -0.39 is 5.97 Å². The number of aryl methyl sites for hydroxylation is 2. The number of carboxylic acids is 1. The first-order chi connectivity index (χ1) is 8.79. The van der Waals surface area contributed by atoms with Crippen molar-refractivity contribution in [2.75, 3.05) is 25.5 Å². The summed E-state index contributed by atoms with van der Waals surface area (Å²) in [6.07, 6.45) is 0. The number of rotatable bonds is 5. The van der Waals surface area contributed by atoms with Crippen LogP contribution in [-0.4, -0.2) is 47.4 Å². The zero-order valence-corrected chi connectivity index (χ0v) is 11.9. The summed E-state index contributed by atoms with van der Waals surface area (Å²) >= 11 is 0. The van der Waals surface area contributed by atoms with Crippen LogP contribution in [0.2, 0.25) is 0 Å². The molecule has 1 unspecified atom stereocenters. The van der Waals surface area contributed by atoms with Gasteiger partial charge in [0.15, 0.2) is 0 Å². The van der Waals surface area contributed by atoms with Crippen LogP contribution in [0.3, 0.4) is 0 Å². The lowest BCUT2D eigenvalue weighted by Gasteiger charge is -2.23. The number of hydrogen-bond donors (Lipinski definition) is 2. The number of hydrogen-bond acceptors (Lipinski definition) is 4. The molecular formula is C12H20N4O3. The molecule has 0 saturated heterocycles. The van der Waals surface area contributed by atoms with Crippen LogP contribution in [0.25, 0.3) is 0 Å². The van der Waals surface area contributed by atoms with Gasteiger partial charge in [0.25, 0.3) is 0 Å². The summed E-state index contributed by atoms with van der Waals surface area (Å²) in [7, 11) is 5.02. The third-order valence-corrected chi connectivity index (χ3v) is 3.01. The van der Waals surface area contributed by atoms with Gasteiger partial charge in [-0.2, -0.15) is 5.10 Å². The van der Waals surface area contributed by atoms with Gasteiger partial charge in [0, 0.05) is 27.7 Å². The summed E-state index contributed by atoms with van der Waals surface area (Å²) in [4.78, 5) is 24.5. The third-order valence-electron chi connectivity index (χ3n) is 3.01. The van der Waals surface area contributed by atoms with Crippen molar-refractivity contribution in [2.45, 2.75) is 13.8 Å². The van der Waals surface area contributed by atoms with Crippen LogP contribution in [0.5, 0.6) is 0 Å². The predicted molar refractivity (Wildman–Crippen MR) is 71.4 cm³/mol. The first-order valence-corrected chi connectivity index (χ1v) is 5.99. The van der Waals surface area contributed by atoms with E-state index in [9.17, 15) is 14.7 Å². The third kappa shape index (κ3) is 3.04. The number of nitrogens with one attached hydrogen (secondary N) is 1. The van der Waals surface area contributed by atoms with Gasteiger partial charge in [-0.1, -0.05) is 6.92 Å². The van der Waals surface area contributed by atoms with Gasteiger partial charge in [0.1, 0.15) is 11.4 Å². The van der Waals surface area contributed by atoms with Crippen LogP contribution < -0.4 is 10.2 Å². The second kappa shape index (κ2) is 5.73. The van der Waals surface area contributed by atoms with Crippen molar-refractivity contribution >= 4 is 17.7 Å². The molecule has 0 aliphatic carbocycles. The average molecular weight is 268 g/mol. The maximum Gasteiger partial charge on any atom is 0.341 e. The topological polar surface area (TPSA) is 87.5 Å². The van der Waals surface area contributed by atoms with E-state index in [4.69, 9.17) is 0 Å². The lowest BCUT2D eigenvalue weighted by Crippen LogP contribution is -2.35. The number of nitrogens with zero attached hydrogens (tertiary/aromatic N) is 3. The fraction of sp³-hybridized carbons (Fsp3) is 0.583. The van der Waals surface area contributed by atoms with Crippen LogP contribution in [0, 0.1) is 12.8 Å². The molecule has 0 fully saturated rings. The van der Waals surface area contributed by atoms with E-state index in [-0.39, 0.29) is 17.4 Å². The summed E-state index contributed by atoms with van der Waals surface area (Å²) in [5, 5.41) is 15.9. The van der Waals surface area contributed by atoms with Crippen LogP contribution in [0.15, 0.2) is 0 Å². The molecule has 0 aliphatic rings. The minimum atomic E-state index is -1.01. The molecule has 1 aromatic rings. The van der Waals surface area contributed by atoms with Crippen LogP contribution in [0.1, 0.15) is 23.0 Å². The molecule has 1 aromatic heterocycles. The first kappa shape index (κ1) is 15.0. The minimum Gasteiger partial charge on any atom is -0.477 e. The lowest BCUT2D eigenvalue weighted by molar-refractivity contribution is -0.123. The highest BCUT2D eigenvalue weighted by Crippen LogP contribution is 2.22. The highest BCUT2D eigenvalue weighted by Gasteiger charge is 2.24. The summed E-state index contributed by atoms with van der Waals surface area (Å²) in [6.45, 7) is 3.86. The number of aromatic nitrogens is 2. The number of carbonyl (C=O) groups excluding carboxylic acids is 1. The second-order valence-corrected chi connectivity index (χ2v) is 4.61. The monoisotopic (exact) mass is 268 g/mol. The van der Waals surface area contributed by atoms with E-state index in [2.05, 4.69) is 10.4 Å². The van der Waals surface area contributed by atoms with Gasteiger partial charge in [-0.05, 0) is 6.92 Å². The maximum absolute atomic E-state index is 11.5. The van der Waals surface area contributed by atoms with Crippen molar-refractivity contribution in [3.8, 4) is 0 Å². The Balaban J connectivity index is 3.03. The Morgan fingerprint density at radius 3 is 2.58 bits per heavy atom. The minimum absolute atomic E-state index is 0.0809. The molecule has 106 valence electrons. The highest BCUT2D eigenvalue weighted by molar-refractivity contribution is 5.95. The molecule has 0 spiro atoms. The van der Waals surface area contributed by atoms with Crippen molar-refractivity contribution in [1.29, 1.82) is 0 Å². The normalized spacial score (nSPS) is 12.1. The number of aromatic carboxylic acids is 1. The summed E-state index contributed by atoms with van der Waals surface area (Å²) in [5.74, 6) is -0.838. The van der Waals surface area contributed by atoms with Gasteiger partial charge in [-0.15, -0.1) is 0 Å². The molecule has 0 bridgehead atoms. The Morgan fingerprint density at radius 2 is 2.11 bits per heavy atom. The Kier molecular flexibility index (Phi) is 4.52. The fourth-order valence-corrected chi connectivity index (χ4v) is 2.16. The molecule has 7 heteroatoms. The second-order valence-electron chi connectivity index (χ2n) is 4.61. The van der Waals surface area contributed by atoms with Crippen molar-refractivity contribution in [1.82, 2.24) is 15.1 Å². The molecule has 1 heterocycles. The quantitative estimate of drug-likeness (QED) is 0.799. The predicted octanol–water partition coefficient (Wildman–Crippen LogP) is 0.245. The molecule has 2 N–H and O–H groups in total. The van der Waals surface area contributed by atoms with E-state index >= 15 is 0 Å². The summed E-state index contributed by atoms with van der Waals surface area (Å²) in [6, 6.07) is 0. The zero-order chi connectivity index (χ0) is 14.7. The van der Waals surface area contributed by atoms with Crippen LogP contribution in [-0.2, 0) is 11.8 Å². The smallest absolute Gasteiger partial charge is 0.341 e. The molecule has 0 radical (unpaired) electrons. The van der Waals surface area contributed by atoms with E-state index in [1.54, 1.807) is 39.9 Å². The molecule has 1 atom stereocenters. The first-order valence-electron chi connectivity index (χ1n) is 5.99. The number of carboxylic acid groups (broad SMARTS) is 1. The zero-order valence-electron chi connectivity index (χ0n) is 11.9. The SMILES string of the molecule is CNC(=O)C(C)CN(C)c1c(C(=O)O)c(C)nn1C. The molecule has 0 aliphatic heterocycles. The van der Waals surface area contributed by atoms with Gasteiger partial charge in [0.2, 0.25) is 5.91 Å². The molecule has 1 amide bonds. The van der Waals surface area contributed by atoms with Crippen molar-refractivity contribution in [3.05, 3.63) is 11.3 Å². The van der Waals surface area contributed by atoms with Gasteiger partial charge in [-0.25, -0.2) is 4.79 Å². The Labute approximate surface area is 112 Å². The highest BCUT2D eigenvalue weighted by atomic mass is 16.4. The Hall–Kier alpha value is -2.05.